The summed E-state index contributed by atoms with van der Waals surface area (Å²) < 4.78 is 3.20. The lowest BCUT2D eigenvalue weighted by Gasteiger charge is -2.14. The fourth-order valence-corrected chi connectivity index (χ4v) is 3.29. The molecular weight excluding hydrogens is 344 g/mol. The SMILES string of the molecule is C[N+](C)(C)C.C[n+]1c(-c2ccccc2)c2cc(N)ccc2c2ccc(N)cc21. The molecule has 4 N–H and O–H groups in total. The van der Waals surface area contributed by atoms with Crippen molar-refractivity contribution in [3.63, 3.8) is 0 Å². The number of nitrogen functional groups attached to an aromatic ring is 2. The maximum atomic E-state index is 6.06. The summed E-state index contributed by atoms with van der Waals surface area (Å²) in [5, 5.41) is 3.51. The number of aromatic nitrogens is 1. The Kier molecular flexibility index (Phi) is 5.25. The van der Waals surface area contributed by atoms with Crippen molar-refractivity contribution in [3.8, 4) is 11.3 Å². The molecular formula is C24H30N4+2. The minimum atomic E-state index is 0.766. The maximum absolute atomic E-state index is 6.06. The second-order valence-corrected chi connectivity index (χ2v) is 8.54. The zero-order valence-corrected chi connectivity index (χ0v) is 17.4. The highest BCUT2D eigenvalue weighted by Gasteiger charge is 2.20. The summed E-state index contributed by atoms with van der Waals surface area (Å²) in [7, 11) is 10.6. The number of fused-ring (bicyclic) bond motifs is 3. The number of benzene rings is 3. The molecule has 0 unspecified atom stereocenters. The average molecular weight is 375 g/mol. The van der Waals surface area contributed by atoms with Gasteiger partial charge in [0.15, 0.2) is 0 Å². The van der Waals surface area contributed by atoms with E-state index in [-0.39, 0.29) is 0 Å². The van der Waals surface area contributed by atoms with Gasteiger partial charge in [0.25, 0.3) is 0 Å². The normalized spacial score (nSPS) is 11.3. The van der Waals surface area contributed by atoms with Crippen molar-refractivity contribution in [2.45, 2.75) is 0 Å². The van der Waals surface area contributed by atoms with Gasteiger partial charge in [-0.3, -0.25) is 0 Å². The lowest BCUT2D eigenvalue weighted by Crippen LogP contribution is -2.32. The van der Waals surface area contributed by atoms with Gasteiger partial charge in [-0.2, -0.15) is 4.57 Å². The van der Waals surface area contributed by atoms with Gasteiger partial charge in [0.05, 0.1) is 39.0 Å². The molecule has 4 nitrogen and oxygen atoms in total. The van der Waals surface area contributed by atoms with Crippen LogP contribution in [0.15, 0.2) is 66.7 Å². The molecule has 4 heteroatoms. The molecule has 0 aliphatic rings. The molecule has 0 aliphatic heterocycles. The van der Waals surface area contributed by atoms with E-state index in [4.69, 9.17) is 11.5 Å². The average Bonchev–Trinajstić information content (AvgIpc) is 2.61. The molecule has 0 radical (unpaired) electrons. The molecule has 0 atom stereocenters. The van der Waals surface area contributed by atoms with Crippen molar-refractivity contribution >= 4 is 33.1 Å². The van der Waals surface area contributed by atoms with E-state index >= 15 is 0 Å². The predicted molar refractivity (Wildman–Crippen MR) is 121 cm³/mol. The van der Waals surface area contributed by atoms with E-state index in [1.807, 2.05) is 30.3 Å². The van der Waals surface area contributed by atoms with Gasteiger partial charge in [-0.15, -0.1) is 0 Å². The molecule has 0 amide bonds. The molecule has 1 heterocycles. The number of nitrogens with zero attached hydrogens (tertiary/aromatic N) is 2. The molecule has 0 spiro atoms. The van der Waals surface area contributed by atoms with Crippen LogP contribution in [-0.2, 0) is 7.05 Å². The first kappa shape index (κ1) is 19.6. The number of pyridine rings is 1. The molecule has 0 fully saturated rings. The molecule has 0 bridgehead atoms. The molecule has 4 rings (SSSR count). The van der Waals surface area contributed by atoms with Gasteiger partial charge in [-0.25, -0.2) is 0 Å². The van der Waals surface area contributed by atoms with Crippen molar-refractivity contribution in [1.82, 2.24) is 0 Å². The van der Waals surface area contributed by atoms with Crippen molar-refractivity contribution in [2.75, 3.05) is 39.7 Å². The number of hydrogen-bond donors (Lipinski definition) is 2. The van der Waals surface area contributed by atoms with Gasteiger partial charge in [0, 0.05) is 28.4 Å². The summed E-state index contributed by atoms with van der Waals surface area (Å²) in [5.74, 6) is 0. The number of aryl methyl sites for hydroxylation is 1. The topological polar surface area (TPSA) is 55.9 Å². The lowest BCUT2D eigenvalue weighted by atomic mass is 9.98. The van der Waals surface area contributed by atoms with E-state index < -0.39 is 0 Å². The third kappa shape index (κ3) is 4.24. The van der Waals surface area contributed by atoms with Crippen molar-refractivity contribution in [3.05, 3.63) is 66.7 Å². The number of quaternary nitrogens is 1. The van der Waals surface area contributed by atoms with E-state index in [1.54, 1.807) is 0 Å². The standard InChI is InChI=1S/C20H17N3.C4H12N/c1-23-19-12-15(22)8-10-17(19)16-9-7-14(21)11-18(16)20(23)13-5-3-2-4-6-13;1-5(2,3)4/h2-12,22H,21H2,1H3;1-4H3/q;+1/p+1. The Morgan fingerprint density at radius 3 is 1.82 bits per heavy atom. The van der Waals surface area contributed by atoms with Gasteiger partial charge in [0.1, 0.15) is 7.05 Å². The second kappa shape index (κ2) is 7.49. The zero-order valence-electron chi connectivity index (χ0n) is 17.4. The third-order valence-corrected chi connectivity index (χ3v) is 4.35. The van der Waals surface area contributed by atoms with Crippen LogP contribution in [0.1, 0.15) is 0 Å². The van der Waals surface area contributed by atoms with Crippen LogP contribution in [0.3, 0.4) is 0 Å². The summed E-state index contributed by atoms with van der Waals surface area (Å²) >= 11 is 0. The van der Waals surface area contributed by atoms with E-state index in [0.717, 1.165) is 38.0 Å². The molecule has 0 saturated heterocycles. The summed E-state index contributed by atoms with van der Waals surface area (Å²) in [6, 6.07) is 22.5. The molecule has 4 aromatic rings. The second-order valence-electron chi connectivity index (χ2n) is 8.54. The number of nitrogens with two attached hydrogens (primary N) is 2. The van der Waals surface area contributed by atoms with Gasteiger partial charge in [-0.05, 0) is 36.4 Å². The molecule has 0 aliphatic carbocycles. The monoisotopic (exact) mass is 374 g/mol. The molecule has 1 aromatic heterocycles. The first-order valence-electron chi connectivity index (χ1n) is 9.40. The minimum Gasteiger partial charge on any atom is -0.399 e. The lowest BCUT2D eigenvalue weighted by molar-refractivity contribution is -0.849. The van der Waals surface area contributed by atoms with E-state index in [2.05, 4.69) is 76.2 Å². The summed E-state index contributed by atoms with van der Waals surface area (Å²) in [5.41, 5.74) is 17.0. The van der Waals surface area contributed by atoms with Crippen molar-refractivity contribution in [2.24, 2.45) is 7.05 Å². The molecule has 28 heavy (non-hydrogen) atoms. The first-order valence-corrected chi connectivity index (χ1v) is 9.40. The third-order valence-electron chi connectivity index (χ3n) is 4.35. The maximum Gasteiger partial charge on any atom is 0.220 e. The summed E-state index contributed by atoms with van der Waals surface area (Å²) in [6.07, 6.45) is 0. The van der Waals surface area contributed by atoms with Crippen LogP contribution in [0.2, 0.25) is 0 Å². The zero-order chi connectivity index (χ0) is 20.5. The smallest absolute Gasteiger partial charge is 0.220 e. The van der Waals surface area contributed by atoms with Crippen LogP contribution in [0, 0.1) is 0 Å². The van der Waals surface area contributed by atoms with Crippen LogP contribution < -0.4 is 16.0 Å². The highest BCUT2D eigenvalue weighted by Crippen LogP contribution is 2.32. The van der Waals surface area contributed by atoms with Crippen molar-refractivity contribution in [1.29, 1.82) is 0 Å². The van der Waals surface area contributed by atoms with Crippen LogP contribution >= 0.6 is 0 Å². The Morgan fingerprint density at radius 2 is 1.21 bits per heavy atom. The van der Waals surface area contributed by atoms with Crippen LogP contribution in [0.4, 0.5) is 11.4 Å². The Bertz CT molecular complexity index is 1120. The van der Waals surface area contributed by atoms with Crippen LogP contribution in [-0.4, -0.2) is 32.7 Å². The predicted octanol–water partition coefficient (Wildman–Crippen LogP) is 3.97. The number of hydrogen-bond acceptors (Lipinski definition) is 2. The fourth-order valence-electron chi connectivity index (χ4n) is 3.29. The van der Waals surface area contributed by atoms with Gasteiger partial charge >= 0.3 is 0 Å². The Balaban J connectivity index is 0.000000403. The Morgan fingerprint density at radius 1 is 0.679 bits per heavy atom. The largest absolute Gasteiger partial charge is 0.399 e. The summed E-state index contributed by atoms with van der Waals surface area (Å²) in [4.78, 5) is 0. The number of anilines is 2. The van der Waals surface area contributed by atoms with Crippen LogP contribution in [0.5, 0.6) is 0 Å². The van der Waals surface area contributed by atoms with E-state index in [1.165, 1.54) is 10.8 Å². The first-order chi connectivity index (χ1) is 13.1. The minimum absolute atomic E-state index is 0.766. The van der Waals surface area contributed by atoms with E-state index in [0.29, 0.717) is 0 Å². The molecule has 3 aromatic carbocycles. The van der Waals surface area contributed by atoms with E-state index in [9.17, 15) is 0 Å². The molecule has 144 valence electrons. The number of rotatable bonds is 1. The Labute approximate surface area is 167 Å². The fraction of sp³-hybridized carbons (Fsp3) is 0.208. The van der Waals surface area contributed by atoms with Gasteiger partial charge < -0.3 is 16.0 Å². The quantitative estimate of drug-likeness (QED) is 0.229. The Hall–Kier alpha value is -3.11. The highest BCUT2D eigenvalue weighted by molar-refractivity contribution is 6.10. The van der Waals surface area contributed by atoms with Gasteiger partial charge in [-0.1, -0.05) is 24.3 Å². The van der Waals surface area contributed by atoms with Crippen molar-refractivity contribution < 1.29 is 9.05 Å². The molecule has 0 saturated carbocycles. The summed E-state index contributed by atoms with van der Waals surface area (Å²) in [6.45, 7) is 0. The highest BCUT2D eigenvalue weighted by atomic mass is 15.2. The van der Waals surface area contributed by atoms with Crippen LogP contribution in [0.25, 0.3) is 32.9 Å². The van der Waals surface area contributed by atoms with Gasteiger partial charge in [0.2, 0.25) is 11.2 Å².